The Kier molecular flexibility index (Phi) is 5.80. The van der Waals surface area contributed by atoms with Crippen molar-refractivity contribution in [1.82, 2.24) is 0 Å². The molecular weight excluding hydrogens is 440 g/mol. The highest BCUT2D eigenvalue weighted by Gasteiger charge is 2.29. The number of halogens is 1. The third kappa shape index (κ3) is 3.91. The second-order valence-electron chi connectivity index (χ2n) is 6.14. The fraction of sp³-hybridized carbons (Fsp3) is 0.143. The molecule has 146 valence electrons. The zero-order chi connectivity index (χ0) is 21.1. The third-order valence-electron chi connectivity index (χ3n) is 4.26. The SMILES string of the molecule is COc1cccc2c(NC(=O)C(C#N)C(C)=O)c(C(=O)c3ccc(Br)cc3)oc12. The minimum Gasteiger partial charge on any atom is -0.493 e. The standard InChI is InChI=1S/C21H15BrN2O5/c1-11(25)15(10-23)21(27)24-17-14-4-3-5-16(28-2)19(14)29-20(17)18(26)12-6-8-13(22)9-7-12/h3-9,15H,1-2H3,(H,24,27). The van der Waals surface area contributed by atoms with Crippen molar-refractivity contribution in [2.45, 2.75) is 6.92 Å². The molecule has 8 heteroatoms. The molecule has 0 fully saturated rings. The van der Waals surface area contributed by atoms with Gasteiger partial charge in [-0.1, -0.05) is 22.0 Å². The van der Waals surface area contributed by atoms with Crippen molar-refractivity contribution in [3.8, 4) is 11.8 Å². The van der Waals surface area contributed by atoms with Crippen LogP contribution in [0.2, 0.25) is 0 Å². The molecule has 1 aromatic heterocycles. The smallest absolute Gasteiger partial charge is 0.249 e. The van der Waals surface area contributed by atoms with Crippen LogP contribution in [0.4, 0.5) is 5.69 Å². The molecule has 0 saturated heterocycles. The number of nitrogens with one attached hydrogen (secondary N) is 1. The number of hydrogen-bond acceptors (Lipinski definition) is 6. The minimum absolute atomic E-state index is 0.0818. The summed E-state index contributed by atoms with van der Waals surface area (Å²) >= 11 is 3.31. The van der Waals surface area contributed by atoms with Crippen LogP contribution in [-0.2, 0) is 9.59 Å². The summed E-state index contributed by atoms with van der Waals surface area (Å²) in [4.78, 5) is 37.1. The summed E-state index contributed by atoms with van der Waals surface area (Å²) in [5.74, 6) is -3.16. The molecule has 3 aromatic rings. The van der Waals surface area contributed by atoms with Crippen LogP contribution in [0.5, 0.6) is 5.75 Å². The van der Waals surface area contributed by atoms with Crippen LogP contribution in [0.3, 0.4) is 0 Å². The highest BCUT2D eigenvalue weighted by atomic mass is 79.9. The van der Waals surface area contributed by atoms with Crippen LogP contribution in [0.25, 0.3) is 11.0 Å². The molecule has 29 heavy (non-hydrogen) atoms. The first-order valence-corrected chi connectivity index (χ1v) is 9.27. The molecule has 0 radical (unpaired) electrons. The lowest BCUT2D eigenvalue weighted by molar-refractivity contribution is -0.127. The Hall–Kier alpha value is -3.44. The average molecular weight is 455 g/mol. The summed E-state index contributed by atoms with van der Waals surface area (Å²) in [6, 6.07) is 13.3. The Morgan fingerprint density at radius 1 is 1.17 bits per heavy atom. The fourth-order valence-electron chi connectivity index (χ4n) is 2.80. The monoisotopic (exact) mass is 454 g/mol. The summed E-state index contributed by atoms with van der Waals surface area (Å²) in [6.45, 7) is 1.15. The minimum atomic E-state index is -1.50. The first-order valence-electron chi connectivity index (χ1n) is 8.48. The number of carbonyl (C=O) groups is 3. The van der Waals surface area contributed by atoms with E-state index in [1.807, 2.05) is 0 Å². The molecule has 0 bridgehead atoms. The van der Waals surface area contributed by atoms with Gasteiger partial charge in [0.25, 0.3) is 0 Å². The highest BCUT2D eigenvalue weighted by molar-refractivity contribution is 9.10. The molecule has 7 nitrogen and oxygen atoms in total. The zero-order valence-corrected chi connectivity index (χ0v) is 17.1. The predicted octanol–water partition coefficient (Wildman–Crippen LogP) is 4.10. The summed E-state index contributed by atoms with van der Waals surface area (Å²) < 4.78 is 11.9. The Morgan fingerprint density at radius 3 is 2.45 bits per heavy atom. The van der Waals surface area contributed by atoms with Gasteiger partial charge in [-0.2, -0.15) is 5.26 Å². The number of ether oxygens (including phenoxy) is 1. The molecule has 3 rings (SSSR count). The molecule has 0 spiro atoms. The lowest BCUT2D eigenvalue weighted by Gasteiger charge is -2.08. The van der Waals surface area contributed by atoms with Crippen LogP contribution >= 0.6 is 15.9 Å². The van der Waals surface area contributed by atoms with Crippen molar-refractivity contribution in [3.05, 3.63) is 58.3 Å². The van der Waals surface area contributed by atoms with E-state index >= 15 is 0 Å². The maximum Gasteiger partial charge on any atom is 0.249 e. The van der Waals surface area contributed by atoms with E-state index in [0.717, 1.165) is 11.4 Å². The number of rotatable bonds is 6. The van der Waals surface area contributed by atoms with Gasteiger partial charge in [-0.15, -0.1) is 0 Å². The number of anilines is 1. The molecule has 0 aliphatic rings. The van der Waals surface area contributed by atoms with Gasteiger partial charge >= 0.3 is 0 Å². The molecule has 1 heterocycles. The Morgan fingerprint density at radius 2 is 1.86 bits per heavy atom. The number of fused-ring (bicyclic) bond motifs is 1. The van der Waals surface area contributed by atoms with Crippen LogP contribution < -0.4 is 10.1 Å². The van der Waals surface area contributed by atoms with E-state index in [1.54, 1.807) is 48.5 Å². The van der Waals surface area contributed by atoms with Crippen LogP contribution in [0.1, 0.15) is 23.0 Å². The van der Waals surface area contributed by atoms with Crippen molar-refractivity contribution >= 4 is 50.1 Å². The van der Waals surface area contributed by atoms with Gasteiger partial charge < -0.3 is 14.5 Å². The second-order valence-corrected chi connectivity index (χ2v) is 7.06. The number of Topliss-reactive ketones (excluding diaryl/α,β-unsaturated/α-hetero) is 1. The van der Waals surface area contributed by atoms with Crippen molar-refractivity contribution in [3.63, 3.8) is 0 Å². The van der Waals surface area contributed by atoms with Crippen molar-refractivity contribution in [2.24, 2.45) is 5.92 Å². The number of ketones is 2. The first-order chi connectivity index (χ1) is 13.9. The van der Waals surface area contributed by atoms with Crippen molar-refractivity contribution < 1.29 is 23.5 Å². The van der Waals surface area contributed by atoms with Gasteiger partial charge in [0.05, 0.1) is 18.9 Å². The van der Waals surface area contributed by atoms with Gasteiger partial charge in [0, 0.05) is 15.4 Å². The molecule has 2 aromatic carbocycles. The lowest BCUT2D eigenvalue weighted by Crippen LogP contribution is -2.27. The number of furan rings is 1. The summed E-state index contributed by atoms with van der Waals surface area (Å²) in [6.07, 6.45) is 0. The summed E-state index contributed by atoms with van der Waals surface area (Å²) in [5, 5.41) is 12.1. The van der Waals surface area contributed by atoms with Crippen molar-refractivity contribution in [2.75, 3.05) is 12.4 Å². The number of methoxy groups -OCH3 is 1. The van der Waals surface area contributed by atoms with E-state index in [-0.39, 0.29) is 17.0 Å². The Bertz CT molecular complexity index is 1160. The van der Waals surface area contributed by atoms with Gasteiger partial charge in [-0.05, 0) is 43.3 Å². The zero-order valence-electron chi connectivity index (χ0n) is 15.5. The molecule has 0 aliphatic heterocycles. The molecular formula is C21H15BrN2O5. The normalized spacial score (nSPS) is 11.5. The number of para-hydroxylation sites is 1. The summed E-state index contributed by atoms with van der Waals surface area (Å²) in [7, 11) is 1.45. The second kappa shape index (κ2) is 8.29. The van der Waals surface area contributed by atoms with Crippen LogP contribution in [-0.4, -0.2) is 24.6 Å². The highest BCUT2D eigenvalue weighted by Crippen LogP contribution is 2.37. The van der Waals surface area contributed by atoms with Crippen molar-refractivity contribution in [1.29, 1.82) is 5.26 Å². The van der Waals surface area contributed by atoms with E-state index in [4.69, 9.17) is 14.4 Å². The largest absolute Gasteiger partial charge is 0.493 e. The van der Waals surface area contributed by atoms with E-state index < -0.39 is 23.4 Å². The number of carbonyl (C=O) groups excluding carboxylic acids is 3. The maximum atomic E-state index is 13.1. The molecule has 1 N–H and O–H groups in total. The maximum absolute atomic E-state index is 13.1. The van der Waals surface area contributed by atoms with E-state index in [0.29, 0.717) is 16.7 Å². The van der Waals surface area contributed by atoms with E-state index in [9.17, 15) is 14.4 Å². The molecule has 1 amide bonds. The van der Waals surface area contributed by atoms with Gasteiger partial charge in [0.2, 0.25) is 11.7 Å². The summed E-state index contributed by atoms with van der Waals surface area (Å²) in [5.41, 5.74) is 0.686. The van der Waals surface area contributed by atoms with Gasteiger partial charge in [-0.3, -0.25) is 14.4 Å². The fourth-order valence-corrected chi connectivity index (χ4v) is 3.06. The Balaban J connectivity index is 2.16. The number of amides is 1. The van der Waals surface area contributed by atoms with Gasteiger partial charge in [-0.25, -0.2) is 0 Å². The molecule has 1 unspecified atom stereocenters. The van der Waals surface area contributed by atoms with Gasteiger partial charge in [0.1, 0.15) is 0 Å². The quantitative estimate of drug-likeness (QED) is 0.443. The predicted molar refractivity (Wildman–Crippen MR) is 109 cm³/mol. The van der Waals surface area contributed by atoms with E-state index in [2.05, 4.69) is 21.2 Å². The third-order valence-corrected chi connectivity index (χ3v) is 4.79. The van der Waals surface area contributed by atoms with E-state index in [1.165, 1.54) is 7.11 Å². The Labute approximate surface area is 174 Å². The lowest BCUT2D eigenvalue weighted by atomic mass is 10.0. The van der Waals surface area contributed by atoms with Crippen LogP contribution in [0, 0.1) is 17.2 Å². The number of benzene rings is 2. The average Bonchev–Trinajstić information content (AvgIpc) is 3.06. The topological polar surface area (TPSA) is 109 Å². The number of hydrogen-bond donors (Lipinski definition) is 1. The molecule has 1 atom stereocenters. The molecule has 0 saturated carbocycles. The number of nitriles is 1. The molecule has 0 aliphatic carbocycles. The number of nitrogens with zero attached hydrogens (tertiary/aromatic N) is 1. The first kappa shape index (κ1) is 20.3. The van der Waals surface area contributed by atoms with Gasteiger partial charge in [0.15, 0.2) is 28.8 Å². The van der Waals surface area contributed by atoms with Crippen LogP contribution in [0.15, 0.2) is 51.4 Å².